The molecule has 0 aromatic carbocycles. The second-order valence-corrected chi connectivity index (χ2v) is 7.50. The zero-order chi connectivity index (χ0) is 19.2. The topological polar surface area (TPSA) is 75.1 Å². The van der Waals surface area contributed by atoms with Crippen LogP contribution in [0.5, 0.6) is 0 Å². The standard InChI is InChI=1S/C20H30N6O/c1-15(14-26-17(3)11-16(2)24-26)12-22-20(27)23-18-7-8-19(21-13-18)25-9-5-4-6-10-25/h7-8,11,13,15H,4-6,9-10,12,14H2,1-3H3,(H2,22,23,27)/t15-/m0/s1. The van der Waals surface area contributed by atoms with Crippen LogP contribution in [-0.2, 0) is 6.54 Å². The van der Waals surface area contributed by atoms with Crippen LogP contribution in [0.25, 0.3) is 0 Å². The number of hydrogen-bond donors (Lipinski definition) is 2. The van der Waals surface area contributed by atoms with Crippen molar-refractivity contribution >= 4 is 17.5 Å². The van der Waals surface area contributed by atoms with Crippen LogP contribution >= 0.6 is 0 Å². The quantitative estimate of drug-likeness (QED) is 0.818. The molecule has 3 heterocycles. The van der Waals surface area contributed by atoms with Gasteiger partial charge in [0.1, 0.15) is 5.82 Å². The highest BCUT2D eigenvalue weighted by atomic mass is 16.2. The zero-order valence-electron chi connectivity index (χ0n) is 16.5. The van der Waals surface area contributed by atoms with Crippen molar-refractivity contribution in [2.24, 2.45) is 5.92 Å². The van der Waals surface area contributed by atoms with Gasteiger partial charge in [-0.15, -0.1) is 0 Å². The molecule has 0 radical (unpaired) electrons. The van der Waals surface area contributed by atoms with E-state index in [1.165, 1.54) is 19.3 Å². The molecular weight excluding hydrogens is 340 g/mol. The first-order chi connectivity index (χ1) is 13.0. The van der Waals surface area contributed by atoms with E-state index in [2.05, 4.69) is 38.6 Å². The van der Waals surface area contributed by atoms with Gasteiger partial charge in [-0.1, -0.05) is 6.92 Å². The molecule has 146 valence electrons. The van der Waals surface area contributed by atoms with Gasteiger partial charge in [0.05, 0.1) is 17.6 Å². The third-order valence-corrected chi connectivity index (χ3v) is 4.88. The Bertz CT molecular complexity index is 748. The van der Waals surface area contributed by atoms with E-state index in [1.807, 2.05) is 30.7 Å². The van der Waals surface area contributed by atoms with E-state index in [0.29, 0.717) is 12.2 Å². The van der Waals surface area contributed by atoms with Crippen LogP contribution < -0.4 is 15.5 Å². The highest BCUT2D eigenvalue weighted by Crippen LogP contribution is 2.18. The molecular formula is C20H30N6O. The van der Waals surface area contributed by atoms with Gasteiger partial charge < -0.3 is 15.5 Å². The molecule has 7 heteroatoms. The summed E-state index contributed by atoms with van der Waals surface area (Å²) in [7, 11) is 0. The Labute approximate surface area is 161 Å². The smallest absolute Gasteiger partial charge is 0.319 e. The molecule has 0 aliphatic carbocycles. The molecule has 0 spiro atoms. The Morgan fingerprint density at radius 3 is 2.63 bits per heavy atom. The number of aryl methyl sites for hydroxylation is 2. The van der Waals surface area contributed by atoms with Crippen LogP contribution in [-0.4, -0.2) is 40.4 Å². The van der Waals surface area contributed by atoms with Gasteiger partial charge in [-0.05, 0) is 57.2 Å². The number of amides is 2. The van der Waals surface area contributed by atoms with Crippen molar-refractivity contribution in [1.82, 2.24) is 20.1 Å². The third-order valence-electron chi connectivity index (χ3n) is 4.88. The summed E-state index contributed by atoms with van der Waals surface area (Å²) < 4.78 is 1.99. The number of aromatic nitrogens is 3. The average molecular weight is 371 g/mol. The molecule has 0 unspecified atom stereocenters. The molecule has 0 saturated carbocycles. The van der Waals surface area contributed by atoms with Crippen molar-refractivity contribution in [2.75, 3.05) is 29.9 Å². The number of carbonyl (C=O) groups is 1. The zero-order valence-corrected chi connectivity index (χ0v) is 16.5. The minimum Gasteiger partial charge on any atom is -0.357 e. The van der Waals surface area contributed by atoms with E-state index in [0.717, 1.165) is 36.8 Å². The molecule has 0 bridgehead atoms. The number of hydrogen-bond acceptors (Lipinski definition) is 4. The molecule has 2 aromatic rings. The Balaban J connectivity index is 1.44. The second kappa shape index (κ2) is 8.88. The largest absolute Gasteiger partial charge is 0.357 e. The van der Waals surface area contributed by atoms with Gasteiger partial charge in [-0.3, -0.25) is 4.68 Å². The van der Waals surface area contributed by atoms with E-state index >= 15 is 0 Å². The molecule has 1 saturated heterocycles. The van der Waals surface area contributed by atoms with Crippen LogP contribution in [0.3, 0.4) is 0 Å². The van der Waals surface area contributed by atoms with E-state index in [4.69, 9.17) is 0 Å². The summed E-state index contributed by atoms with van der Waals surface area (Å²) in [6.45, 7) is 9.64. The lowest BCUT2D eigenvalue weighted by molar-refractivity contribution is 0.249. The molecule has 1 fully saturated rings. The minimum absolute atomic E-state index is 0.206. The highest BCUT2D eigenvalue weighted by Gasteiger charge is 2.12. The van der Waals surface area contributed by atoms with Crippen molar-refractivity contribution in [3.63, 3.8) is 0 Å². The van der Waals surface area contributed by atoms with Crippen molar-refractivity contribution in [3.8, 4) is 0 Å². The molecule has 3 rings (SSSR count). The summed E-state index contributed by atoms with van der Waals surface area (Å²) in [6, 6.07) is 5.75. The number of carbonyl (C=O) groups excluding carboxylic acids is 1. The van der Waals surface area contributed by atoms with Gasteiger partial charge in [-0.25, -0.2) is 9.78 Å². The van der Waals surface area contributed by atoms with Gasteiger partial charge in [-0.2, -0.15) is 5.10 Å². The second-order valence-electron chi connectivity index (χ2n) is 7.50. The number of piperidine rings is 1. The van der Waals surface area contributed by atoms with Gasteiger partial charge in [0, 0.05) is 31.9 Å². The van der Waals surface area contributed by atoms with Gasteiger partial charge in [0.25, 0.3) is 0 Å². The first kappa shape index (κ1) is 19.2. The summed E-state index contributed by atoms with van der Waals surface area (Å²) in [5.41, 5.74) is 2.87. The maximum absolute atomic E-state index is 12.1. The minimum atomic E-state index is -0.206. The lowest BCUT2D eigenvalue weighted by atomic mass is 10.1. The number of nitrogens with zero attached hydrogens (tertiary/aromatic N) is 4. The summed E-state index contributed by atoms with van der Waals surface area (Å²) in [6.07, 6.45) is 5.47. The first-order valence-corrected chi connectivity index (χ1v) is 9.78. The lowest BCUT2D eigenvalue weighted by Gasteiger charge is -2.27. The monoisotopic (exact) mass is 370 g/mol. The molecule has 2 amide bonds. The summed E-state index contributed by atoms with van der Waals surface area (Å²) >= 11 is 0. The molecule has 1 atom stereocenters. The van der Waals surface area contributed by atoms with Crippen LogP contribution in [0, 0.1) is 19.8 Å². The number of rotatable bonds is 6. The maximum Gasteiger partial charge on any atom is 0.319 e. The van der Waals surface area contributed by atoms with Gasteiger partial charge in [0.2, 0.25) is 0 Å². The third kappa shape index (κ3) is 5.45. The van der Waals surface area contributed by atoms with E-state index < -0.39 is 0 Å². The Morgan fingerprint density at radius 1 is 1.22 bits per heavy atom. The Hall–Kier alpha value is -2.57. The van der Waals surface area contributed by atoms with Crippen molar-refractivity contribution in [2.45, 2.75) is 46.6 Å². The maximum atomic E-state index is 12.1. The van der Waals surface area contributed by atoms with Crippen LogP contribution in [0.15, 0.2) is 24.4 Å². The van der Waals surface area contributed by atoms with Crippen molar-refractivity contribution < 1.29 is 4.79 Å². The summed E-state index contributed by atoms with van der Waals surface area (Å²) in [5, 5.41) is 10.2. The normalized spacial score (nSPS) is 15.4. The summed E-state index contributed by atoms with van der Waals surface area (Å²) in [4.78, 5) is 18.9. The molecule has 1 aliphatic heterocycles. The van der Waals surface area contributed by atoms with Gasteiger partial charge in [0.15, 0.2) is 0 Å². The van der Waals surface area contributed by atoms with E-state index in [-0.39, 0.29) is 11.9 Å². The van der Waals surface area contributed by atoms with Crippen molar-refractivity contribution in [3.05, 3.63) is 35.8 Å². The molecule has 27 heavy (non-hydrogen) atoms. The van der Waals surface area contributed by atoms with Gasteiger partial charge >= 0.3 is 6.03 Å². The predicted octanol–water partition coefficient (Wildman–Crippen LogP) is 3.34. The predicted molar refractivity (Wildman–Crippen MR) is 108 cm³/mol. The van der Waals surface area contributed by atoms with E-state index in [1.54, 1.807) is 6.20 Å². The molecule has 2 N–H and O–H groups in total. The highest BCUT2D eigenvalue weighted by molar-refractivity contribution is 5.89. The number of nitrogens with one attached hydrogen (secondary N) is 2. The first-order valence-electron chi connectivity index (χ1n) is 9.78. The lowest BCUT2D eigenvalue weighted by Crippen LogP contribution is -2.34. The van der Waals surface area contributed by atoms with E-state index in [9.17, 15) is 4.79 Å². The average Bonchev–Trinajstić information content (AvgIpc) is 2.98. The SMILES string of the molecule is Cc1cc(C)n(C[C@@H](C)CNC(=O)Nc2ccc(N3CCCCC3)nc2)n1. The Kier molecular flexibility index (Phi) is 6.32. The molecule has 7 nitrogen and oxygen atoms in total. The molecule has 1 aliphatic rings. The summed E-state index contributed by atoms with van der Waals surface area (Å²) in [5.74, 6) is 1.27. The number of pyridine rings is 1. The Morgan fingerprint density at radius 2 is 2.00 bits per heavy atom. The fraction of sp³-hybridized carbons (Fsp3) is 0.550. The molecule has 2 aromatic heterocycles. The fourth-order valence-corrected chi connectivity index (χ4v) is 3.43. The van der Waals surface area contributed by atoms with Crippen molar-refractivity contribution in [1.29, 1.82) is 0 Å². The van der Waals surface area contributed by atoms with Crippen LogP contribution in [0.4, 0.5) is 16.3 Å². The van der Waals surface area contributed by atoms with Crippen LogP contribution in [0.2, 0.25) is 0 Å². The number of anilines is 2. The van der Waals surface area contributed by atoms with Crippen LogP contribution in [0.1, 0.15) is 37.6 Å². The fourth-order valence-electron chi connectivity index (χ4n) is 3.43. The number of urea groups is 1.